The normalized spacial score (nSPS) is 12.8. The van der Waals surface area contributed by atoms with Crippen LogP contribution in [-0.4, -0.2) is 18.1 Å². The Kier molecular flexibility index (Phi) is 5.67. The molecule has 0 bridgehead atoms. The van der Waals surface area contributed by atoms with Gasteiger partial charge in [-0.1, -0.05) is 50.2 Å². The summed E-state index contributed by atoms with van der Waals surface area (Å²) in [6, 6.07) is 15.0. The molecule has 4 heteroatoms. The fourth-order valence-electron chi connectivity index (χ4n) is 4.41. The van der Waals surface area contributed by atoms with Gasteiger partial charge in [0.15, 0.2) is 0 Å². The quantitative estimate of drug-likeness (QED) is 0.511. The number of aromatic nitrogens is 1. The topological polar surface area (TPSA) is 39.2 Å². The molecule has 2 aromatic carbocycles. The molecule has 0 fully saturated rings. The number of esters is 1. The molecular weight excluding hydrogens is 377 g/mol. The van der Waals surface area contributed by atoms with E-state index in [-0.39, 0.29) is 24.1 Å². The van der Waals surface area contributed by atoms with E-state index < -0.39 is 0 Å². The third-order valence-electron chi connectivity index (χ3n) is 5.80. The summed E-state index contributed by atoms with van der Waals surface area (Å²) in [5.41, 5.74) is 8.27. The van der Waals surface area contributed by atoms with Crippen LogP contribution in [0.3, 0.4) is 0 Å². The zero-order valence-electron chi connectivity index (χ0n) is 17.7. The molecule has 0 N–H and O–H groups in total. The van der Waals surface area contributed by atoms with Gasteiger partial charge in [-0.25, -0.2) is 4.39 Å². The number of hydrogen-bond acceptors (Lipinski definition) is 3. The lowest BCUT2D eigenvalue weighted by atomic mass is 9.85. The van der Waals surface area contributed by atoms with Gasteiger partial charge in [0.2, 0.25) is 0 Å². The van der Waals surface area contributed by atoms with Crippen LogP contribution in [0.4, 0.5) is 4.39 Å². The Hall–Kier alpha value is -3.01. The first-order valence-electron chi connectivity index (χ1n) is 10.5. The first-order valence-corrected chi connectivity index (χ1v) is 10.5. The van der Waals surface area contributed by atoms with Crippen molar-refractivity contribution in [2.75, 3.05) is 7.11 Å². The van der Waals surface area contributed by atoms with Gasteiger partial charge >= 0.3 is 5.97 Å². The number of benzene rings is 2. The van der Waals surface area contributed by atoms with Gasteiger partial charge in [0.05, 0.1) is 19.2 Å². The maximum absolute atomic E-state index is 13.7. The maximum Gasteiger partial charge on any atom is 0.310 e. The Bertz CT molecular complexity index is 1090. The predicted octanol–water partition coefficient (Wildman–Crippen LogP) is 5.88. The number of nitrogens with zero attached hydrogens (tertiary/aromatic N) is 1. The molecule has 4 rings (SSSR count). The third-order valence-corrected chi connectivity index (χ3v) is 5.80. The Labute approximate surface area is 176 Å². The molecular formula is C26H26FNO2. The lowest BCUT2D eigenvalue weighted by Crippen LogP contribution is -2.14. The van der Waals surface area contributed by atoms with Crippen molar-refractivity contribution in [1.29, 1.82) is 0 Å². The molecule has 0 amide bonds. The van der Waals surface area contributed by atoms with Crippen molar-refractivity contribution in [3.63, 3.8) is 0 Å². The molecule has 30 heavy (non-hydrogen) atoms. The van der Waals surface area contributed by atoms with Crippen molar-refractivity contribution in [2.45, 2.75) is 45.4 Å². The molecule has 1 aliphatic carbocycles. The average molecular weight is 403 g/mol. The largest absolute Gasteiger partial charge is 0.469 e. The van der Waals surface area contributed by atoms with Crippen molar-refractivity contribution in [3.8, 4) is 22.4 Å². The van der Waals surface area contributed by atoms with Crippen LogP contribution in [0.15, 0.2) is 48.5 Å². The molecule has 0 spiro atoms. The fraction of sp³-hybridized carbons (Fsp3) is 0.308. The van der Waals surface area contributed by atoms with E-state index in [9.17, 15) is 9.18 Å². The number of carbonyl (C=O) groups is 1. The smallest absolute Gasteiger partial charge is 0.310 e. The average Bonchev–Trinajstić information content (AvgIpc) is 2.93. The highest BCUT2D eigenvalue weighted by molar-refractivity contribution is 5.85. The second kappa shape index (κ2) is 8.39. The summed E-state index contributed by atoms with van der Waals surface area (Å²) in [5.74, 6) is -0.441. The maximum atomic E-state index is 13.7. The van der Waals surface area contributed by atoms with Gasteiger partial charge in [-0.15, -0.1) is 0 Å². The van der Waals surface area contributed by atoms with Crippen molar-refractivity contribution >= 4 is 5.97 Å². The number of ether oxygens (including phenoxy) is 1. The van der Waals surface area contributed by atoms with Gasteiger partial charge in [-0.3, -0.25) is 9.78 Å². The minimum atomic E-state index is -0.295. The Morgan fingerprint density at radius 2 is 1.83 bits per heavy atom. The molecule has 0 aliphatic heterocycles. The van der Waals surface area contributed by atoms with E-state index in [2.05, 4.69) is 32.0 Å². The van der Waals surface area contributed by atoms with Crippen LogP contribution in [-0.2, 0) is 28.8 Å². The summed E-state index contributed by atoms with van der Waals surface area (Å²) in [5, 5.41) is 0. The zero-order chi connectivity index (χ0) is 21.3. The summed E-state index contributed by atoms with van der Waals surface area (Å²) in [6.45, 7) is 4.18. The van der Waals surface area contributed by atoms with Crippen LogP contribution in [0.1, 0.15) is 48.6 Å². The third kappa shape index (κ3) is 3.74. The molecule has 1 aliphatic rings. The molecule has 1 heterocycles. The van der Waals surface area contributed by atoms with Crippen LogP contribution >= 0.6 is 0 Å². The Morgan fingerprint density at radius 3 is 2.53 bits per heavy atom. The number of methoxy groups -OCH3 is 1. The molecule has 0 atom stereocenters. The van der Waals surface area contributed by atoms with E-state index in [4.69, 9.17) is 9.72 Å². The van der Waals surface area contributed by atoms with Crippen LogP contribution < -0.4 is 0 Å². The highest BCUT2D eigenvalue weighted by Gasteiger charge is 2.26. The predicted molar refractivity (Wildman–Crippen MR) is 117 cm³/mol. The molecule has 154 valence electrons. The van der Waals surface area contributed by atoms with Crippen LogP contribution in [0.5, 0.6) is 0 Å². The van der Waals surface area contributed by atoms with Crippen LogP contribution in [0, 0.1) is 5.82 Å². The van der Waals surface area contributed by atoms with Gasteiger partial charge in [0, 0.05) is 11.3 Å². The van der Waals surface area contributed by atoms with Crippen molar-refractivity contribution in [2.24, 2.45) is 0 Å². The molecule has 1 aromatic heterocycles. The lowest BCUT2D eigenvalue weighted by Gasteiger charge is -2.23. The monoisotopic (exact) mass is 403 g/mol. The van der Waals surface area contributed by atoms with Gasteiger partial charge in [-0.05, 0) is 65.1 Å². The van der Waals surface area contributed by atoms with Crippen molar-refractivity contribution in [3.05, 3.63) is 76.7 Å². The molecule has 0 saturated carbocycles. The van der Waals surface area contributed by atoms with Gasteiger partial charge in [0.25, 0.3) is 0 Å². The van der Waals surface area contributed by atoms with E-state index in [0.717, 1.165) is 58.5 Å². The standard InChI is InChI=1S/C26H26FNO2/c1-16(2)25-22(15-23(29)30-3)24(18-11-13-19(27)14-12-18)21-10-6-8-17-7-4-5-9-20(17)26(21)28-25/h4-5,7,9,11-14,16H,6,8,10,15H2,1-3H3. The van der Waals surface area contributed by atoms with Crippen LogP contribution in [0.2, 0.25) is 0 Å². The molecule has 0 unspecified atom stereocenters. The van der Waals surface area contributed by atoms with E-state index >= 15 is 0 Å². The summed E-state index contributed by atoms with van der Waals surface area (Å²) in [4.78, 5) is 17.4. The minimum absolute atomic E-state index is 0.129. The van der Waals surface area contributed by atoms with E-state index in [1.807, 2.05) is 6.07 Å². The number of aryl methyl sites for hydroxylation is 1. The molecule has 0 radical (unpaired) electrons. The van der Waals surface area contributed by atoms with Gasteiger partial charge < -0.3 is 4.74 Å². The summed E-state index contributed by atoms with van der Waals surface area (Å²) < 4.78 is 18.7. The number of pyridine rings is 1. The SMILES string of the molecule is COC(=O)Cc1c(C(C)C)nc2c(c1-c1ccc(F)cc1)CCCc1ccccc1-2. The van der Waals surface area contributed by atoms with E-state index in [0.29, 0.717) is 0 Å². The minimum Gasteiger partial charge on any atom is -0.469 e. The first kappa shape index (κ1) is 20.3. The number of carbonyl (C=O) groups excluding carboxylic acids is 1. The van der Waals surface area contributed by atoms with Gasteiger partial charge in [-0.2, -0.15) is 0 Å². The molecule has 3 nitrogen and oxygen atoms in total. The van der Waals surface area contributed by atoms with E-state index in [1.54, 1.807) is 12.1 Å². The summed E-state index contributed by atoms with van der Waals surface area (Å²) in [7, 11) is 1.40. The number of rotatable bonds is 4. The second-order valence-electron chi connectivity index (χ2n) is 8.10. The van der Waals surface area contributed by atoms with Crippen molar-refractivity contribution < 1.29 is 13.9 Å². The summed E-state index contributed by atoms with van der Waals surface area (Å²) >= 11 is 0. The highest BCUT2D eigenvalue weighted by Crippen LogP contribution is 2.41. The summed E-state index contributed by atoms with van der Waals surface area (Å²) in [6.07, 6.45) is 2.99. The lowest BCUT2D eigenvalue weighted by molar-refractivity contribution is -0.139. The molecule has 0 saturated heterocycles. The van der Waals surface area contributed by atoms with E-state index in [1.165, 1.54) is 24.8 Å². The molecule has 3 aromatic rings. The second-order valence-corrected chi connectivity index (χ2v) is 8.10. The number of fused-ring (bicyclic) bond motifs is 3. The highest BCUT2D eigenvalue weighted by atomic mass is 19.1. The fourth-order valence-corrected chi connectivity index (χ4v) is 4.41. The van der Waals surface area contributed by atoms with Gasteiger partial charge in [0.1, 0.15) is 5.82 Å². The van der Waals surface area contributed by atoms with Crippen LogP contribution in [0.25, 0.3) is 22.4 Å². The first-order chi connectivity index (χ1) is 14.5. The Balaban J connectivity index is 2.08. The van der Waals surface area contributed by atoms with Crippen molar-refractivity contribution in [1.82, 2.24) is 4.98 Å². The number of halogens is 1. The zero-order valence-corrected chi connectivity index (χ0v) is 17.7. The Morgan fingerprint density at radius 1 is 1.10 bits per heavy atom. The number of hydrogen-bond donors (Lipinski definition) is 0.